The lowest BCUT2D eigenvalue weighted by atomic mass is 10.1. The van der Waals surface area contributed by atoms with Gasteiger partial charge in [0.05, 0.1) is 11.3 Å². The molecule has 0 radical (unpaired) electrons. The van der Waals surface area contributed by atoms with E-state index in [1.54, 1.807) is 30.3 Å². The fourth-order valence-corrected chi connectivity index (χ4v) is 2.71. The second-order valence-electron chi connectivity index (χ2n) is 5.31. The highest BCUT2D eigenvalue weighted by atomic mass is 79.9. The minimum Gasteiger partial charge on any atom is -0.451 e. The monoisotopic (exact) mass is 443 g/mol. The molecule has 2 aromatic carbocycles. The smallest absolute Gasteiger partial charge is 0.418 e. The molecule has 0 aliphatic carbocycles. The molecule has 0 atom stereocenters. The third-order valence-electron chi connectivity index (χ3n) is 3.49. The Morgan fingerprint density at radius 1 is 1.04 bits per heavy atom. The molecule has 3 rings (SSSR count). The summed E-state index contributed by atoms with van der Waals surface area (Å²) >= 11 is 8.94. The summed E-state index contributed by atoms with van der Waals surface area (Å²) in [6.07, 6.45) is -4.65. The number of carbonyl (C=O) groups is 1. The van der Waals surface area contributed by atoms with E-state index >= 15 is 0 Å². The van der Waals surface area contributed by atoms with Crippen LogP contribution in [0.3, 0.4) is 0 Å². The zero-order valence-electron chi connectivity index (χ0n) is 12.9. The SMILES string of the molecule is O=C(Nc1ccc(Cl)cc1C(F)(F)F)c1ccc(-c2ccc(Br)cc2)o1. The maximum absolute atomic E-state index is 13.1. The van der Waals surface area contributed by atoms with Crippen molar-refractivity contribution in [2.24, 2.45) is 0 Å². The number of anilines is 1. The summed E-state index contributed by atoms with van der Waals surface area (Å²) in [6.45, 7) is 0. The van der Waals surface area contributed by atoms with Crippen LogP contribution in [-0.4, -0.2) is 5.91 Å². The highest BCUT2D eigenvalue weighted by molar-refractivity contribution is 9.10. The highest BCUT2D eigenvalue weighted by Gasteiger charge is 2.34. The molecule has 0 saturated carbocycles. The Morgan fingerprint density at radius 3 is 2.38 bits per heavy atom. The number of carbonyl (C=O) groups excluding carboxylic acids is 1. The van der Waals surface area contributed by atoms with E-state index in [0.717, 1.165) is 22.2 Å². The first-order valence-electron chi connectivity index (χ1n) is 7.28. The zero-order chi connectivity index (χ0) is 18.9. The first kappa shape index (κ1) is 18.5. The highest BCUT2D eigenvalue weighted by Crippen LogP contribution is 2.36. The Balaban J connectivity index is 1.85. The summed E-state index contributed by atoms with van der Waals surface area (Å²) in [4.78, 5) is 12.3. The number of hydrogen-bond donors (Lipinski definition) is 1. The van der Waals surface area contributed by atoms with Crippen molar-refractivity contribution in [2.45, 2.75) is 6.18 Å². The predicted octanol–water partition coefficient (Wildman–Crippen LogP) is 6.63. The topological polar surface area (TPSA) is 42.2 Å². The fourth-order valence-electron chi connectivity index (χ4n) is 2.27. The van der Waals surface area contributed by atoms with Crippen LogP contribution in [0.15, 0.2) is 63.5 Å². The second kappa shape index (κ2) is 7.17. The fraction of sp³-hybridized carbons (Fsp3) is 0.0556. The van der Waals surface area contributed by atoms with Gasteiger partial charge in [0.25, 0.3) is 5.91 Å². The van der Waals surface area contributed by atoms with Crippen molar-refractivity contribution in [2.75, 3.05) is 5.32 Å². The van der Waals surface area contributed by atoms with Crippen LogP contribution in [0.4, 0.5) is 18.9 Å². The molecule has 3 aromatic rings. The van der Waals surface area contributed by atoms with Crippen LogP contribution in [0.2, 0.25) is 5.02 Å². The van der Waals surface area contributed by atoms with Gasteiger partial charge in [0.15, 0.2) is 5.76 Å². The summed E-state index contributed by atoms with van der Waals surface area (Å²) in [6, 6.07) is 13.3. The van der Waals surface area contributed by atoms with Crippen molar-refractivity contribution in [3.63, 3.8) is 0 Å². The van der Waals surface area contributed by atoms with E-state index in [-0.39, 0.29) is 10.8 Å². The quantitative estimate of drug-likeness (QED) is 0.492. The van der Waals surface area contributed by atoms with Crippen LogP contribution >= 0.6 is 27.5 Å². The normalized spacial score (nSPS) is 11.4. The molecule has 26 heavy (non-hydrogen) atoms. The molecule has 1 heterocycles. The maximum Gasteiger partial charge on any atom is 0.418 e. The Morgan fingerprint density at radius 2 is 1.73 bits per heavy atom. The number of furan rings is 1. The van der Waals surface area contributed by atoms with Crippen molar-refractivity contribution >= 4 is 39.1 Å². The maximum atomic E-state index is 13.1. The number of alkyl halides is 3. The van der Waals surface area contributed by atoms with E-state index in [4.69, 9.17) is 16.0 Å². The molecule has 134 valence electrons. The Kier molecular flexibility index (Phi) is 5.11. The standard InChI is InChI=1S/C18H10BrClF3NO2/c19-11-3-1-10(2-4-11)15-7-8-16(26-15)17(25)24-14-6-5-12(20)9-13(14)18(21,22)23/h1-9H,(H,24,25). The lowest BCUT2D eigenvalue weighted by Crippen LogP contribution is -2.16. The van der Waals surface area contributed by atoms with Crippen LogP contribution in [0, 0.1) is 0 Å². The molecule has 1 amide bonds. The van der Waals surface area contributed by atoms with Gasteiger partial charge in [-0.1, -0.05) is 39.7 Å². The molecule has 0 spiro atoms. The van der Waals surface area contributed by atoms with Gasteiger partial charge >= 0.3 is 6.18 Å². The summed E-state index contributed by atoms with van der Waals surface area (Å²) in [5.74, 6) is -0.470. The lowest BCUT2D eigenvalue weighted by Gasteiger charge is -2.13. The van der Waals surface area contributed by atoms with Gasteiger partial charge in [0, 0.05) is 15.1 Å². The molecular weight excluding hydrogens is 435 g/mol. The van der Waals surface area contributed by atoms with Crippen molar-refractivity contribution in [1.29, 1.82) is 0 Å². The van der Waals surface area contributed by atoms with Crippen molar-refractivity contribution in [3.05, 3.63) is 75.4 Å². The van der Waals surface area contributed by atoms with Gasteiger partial charge in [0.2, 0.25) is 0 Å². The Hall–Kier alpha value is -2.25. The van der Waals surface area contributed by atoms with E-state index in [9.17, 15) is 18.0 Å². The van der Waals surface area contributed by atoms with Crippen LogP contribution in [0.1, 0.15) is 16.1 Å². The van der Waals surface area contributed by atoms with Crippen molar-refractivity contribution in [3.8, 4) is 11.3 Å². The van der Waals surface area contributed by atoms with Gasteiger partial charge in [-0.2, -0.15) is 13.2 Å². The molecule has 0 aliphatic rings. The number of halogens is 5. The first-order chi connectivity index (χ1) is 12.2. The van der Waals surface area contributed by atoms with E-state index in [2.05, 4.69) is 21.2 Å². The summed E-state index contributed by atoms with van der Waals surface area (Å²) in [5.41, 5.74) is -0.693. The molecule has 0 saturated heterocycles. The van der Waals surface area contributed by atoms with Gasteiger partial charge in [-0.05, 0) is 42.5 Å². The van der Waals surface area contributed by atoms with Crippen molar-refractivity contribution < 1.29 is 22.4 Å². The lowest BCUT2D eigenvalue weighted by molar-refractivity contribution is -0.136. The Bertz CT molecular complexity index is 952. The predicted molar refractivity (Wildman–Crippen MR) is 96.3 cm³/mol. The number of amides is 1. The van der Waals surface area contributed by atoms with Gasteiger partial charge in [-0.25, -0.2) is 0 Å². The minimum absolute atomic E-state index is 0.0779. The molecule has 0 unspecified atom stereocenters. The third kappa shape index (κ3) is 4.11. The number of rotatable bonds is 3. The van der Waals surface area contributed by atoms with Crippen molar-refractivity contribution in [1.82, 2.24) is 0 Å². The largest absolute Gasteiger partial charge is 0.451 e. The van der Waals surface area contributed by atoms with Gasteiger partial charge in [0.1, 0.15) is 5.76 Å². The van der Waals surface area contributed by atoms with Crippen LogP contribution in [-0.2, 0) is 6.18 Å². The molecular formula is C18H10BrClF3NO2. The van der Waals surface area contributed by atoms with Gasteiger partial charge in [-0.15, -0.1) is 0 Å². The number of benzene rings is 2. The minimum atomic E-state index is -4.65. The molecule has 3 nitrogen and oxygen atoms in total. The number of hydrogen-bond acceptors (Lipinski definition) is 2. The van der Waals surface area contributed by atoms with E-state index < -0.39 is 23.3 Å². The van der Waals surface area contributed by atoms with Crippen LogP contribution in [0.5, 0.6) is 0 Å². The summed E-state index contributed by atoms with van der Waals surface area (Å²) in [5, 5.41) is 2.14. The molecule has 1 N–H and O–H groups in total. The average Bonchev–Trinajstić information content (AvgIpc) is 3.06. The Labute approximate surface area is 159 Å². The number of nitrogens with one attached hydrogen (secondary N) is 1. The van der Waals surface area contributed by atoms with Crippen LogP contribution < -0.4 is 5.32 Å². The van der Waals surface area contributed by atoms with E-state index in [0.29, 0.717) is 5.76 Å². The van der Waals surface area contributed by atoms with Crippen LogP contribution in [0.25, 0.3) is 11.3 Å². The molecule has 0 fully saturated rings. The zero-order valence-corrected chi connectivity index (χ0v) is 15.2. The molecule has 0 bridgehead atoms. The van der Waals surface area contributed by atoms with E-state index in [1.165, 1.54) is 12.1 Å². The molecule has 0 aliphatic heterocycles. The second-order valence-corrected chi connectivity index (χ2v) is 6.66. The third-order valence-corrected chi connectivity index (χ3v) is 4.26. The first-order valence-corrected chi connectivity index (χ1v) is 8.45. The van der Waals surface area contributed by atoms with Gasteiger partial charge in [-0.3, -0.25) is 4.79 Å². The average molecular weight is 445 g/mol. The van der Waals surface area contributed by atoms with E-state index in [1.807, 2.05) is 0 Å². The summed E-state index contributed by atoms with van der Waals surface area (Å²) in [7, 11) is 0. The molecule has 1 aromatic heterocycles. The van der Waals surface area contributed by atoms with Gasteiger partial charge < -0.3 is 9.73 Å². The summed E-state index contributed by atoms with van der Waals surface area (Å²) < 4.78 is 45.6. The molecule has 8 heteroatoms.